The molecule has 1 aromatic carbocycles. The molecule has 0 aliphatic carbocycles. The molecule has 1 aromatic rings. The molecular weight excluding hydrogens is 434 g/mol. The number of carboxylic acid groups (broad SMARTS) is 1. The Morgan fingerprint density at radius 3 is 2.50 bits per heavy atom. The minimum atomic E-state index is -1.95. The first-order valence-electron chi connectivity index (χ1n) is 4.39. The van der Waals surface area contributed by atoms with Gasteiger partial charge >= 0.3 is 11.9 Å². The predicted molar refractivity (Wildman–Crippen MR) is 55.5 cm³/mol. The number of hydrogen-bond donors (Lipinski definition) is 2. The van der Waals surface area contributed by atoms with Crippen LogP contribution >= 0.6 is 11.6 Å². The van der Waals surface area contributed by atoms with Crippen LogP contribution in [0.4, 0.5) is 8.78 Å². The summed E-state index contributed by atoms with van der Waals surface area (Å²) >= 11 is 5.55. The van der Waals surface area contributed by atoms with E-state index in [-0.39, 0.29) is 43.0 Å². The first-order valence-corrected chi connectivity index (χ1v) is 4.77. The Morgan fingerprint density at radius 1 is 1.39 bits per heavy atom. The van der Waals surface area contributed by atoms with E-state index in [2.05, 4.69) is 0 Å². The van der Waals surface area contributed by atoms with Crippen LogP contribution in [0.25, 0.3) is 0 Å². The Labute approximate surface area is 125 Å². The second-order valence-corrected chi connectivity index (χ2v) is 3.49. The molecule has 8 heteroatoms. The molecule has 0 saturated heterocycles. The number of amides is 1. The van der Waals surface area contributed by atoms with Gasteiger partial charge in [0, 0.05) is 25.8 Å². The van der Waals surface area contributed by atoms with Gasteiger partial charge in [-0.15, -0.1) is 23.3 Å². The molecule has 0 saturated carbocycles. The molecule has 0 heterocycles. The summed E-state index contributed by atoms with van der Waals surface area (Å²) in [5.41, 5.74) is -0.327. The molecule has 0 fully saturated rings. The van der Waals surface area contributed by atoms with Crippen LogP contribution in [-0.2, 0) is 42.0 Å². The number of carbonyl (C=O) groups excluding carboxylic acids is 1. The van der Waals surface area contributed by atoms with Gasteiger partial charge in [0.1, 0.15) is 0 Å². The zero-order chi connectivity index (χ0) is 13.0. The Balaban J connectivity index is 0.00000289. The van der Waals surface area contributed by atoms with Crippen molar-refractivity contribution in [3.63, 3.8) is 0 Å². The van der Waals surface area contributed by atoms with Gasteiger partial charge in [-0.25, -0.2) is 4.79 Å². The van der Waals surface area contributed by atoms with E-state index in [9.17, 15) is 18.4 Å². The van der Waals surface area contributed by atoms with Gasteiger partial charge in [0.05, 0.1) is 0 Å². The van der Waals surface area contributed by atoms with Crippen LogP contribution in [0.2, 0.25) is 5.02 Å². The standard InChI is InChI=1S/C10H7ClF2NO3.Hf/c11-6-2-1-5(7(3-6)8(12)13)4-14-9(15)10(16)17;/h1-3H,4H2,(H,14,15)(H,16,17);/q-1;. The van der Waals surface area contributed by atoms with Crippen molar-refractivity contribution in [1.29, 1.82) is 0 Å². The second-order valence-electron chi connectivity index (χ2n) is 3.05. The SMILES string of the molecule is O=C(O)C(=O)NCc1ccc(Cl)cc1[C-](F)F.[Hf]. The summed E-state index contributed by atoms with van der Waals surface area (Å²) in [5.74, 6) is -2.93. The average molecular weight is 441 g/mol. The number of halogens is 3. The van der Waals surface area contributed by atoms with Gasteiger partial charge < -0.3 is 10.4 Å². The first-order chi connectivity index (χ1) is 7.91. The fraction of sp³-hybridized carbons (Fsp3) is 0.100. The Kier molecular flexibility index (Phi) is 7.08. The number of aliphatic carboxylic acids is 1. The van der Waals surface area contributed by atoms with Crippen molar-refractivity contribution >= 4 is 23.5 Å². The molecular formula is C10H7ClF2HfNO3-. The van der Waals surface area contributed by atoms with Crippen LogP contribution in [-0.4, -0.2) is 17.0 Å². The molecule has 2 N–H and O–H groups in total. The van der Waals surface area contributed by atoms with Crippen LogP contribution in [0.5, 0.6) is 0 Å². The summed E-state index contributed by atoms with van der Waals surface area (Å²) in [6.45, 7) is -0.311. The minimum Gasteiger partial charge on any atom is -0.474 e. The average Bonchev–Trinajstić information content (AvgIpc) is 2.26. The van der Waals surface area contributed by atoms with Crippen molar-refractivity contribution in [1.82, 2.24) is 5.32 Å². The summed E-state index contributed by atoms with van der Waals surface area (Å²) in [7, 11) is 0. The molecule has 0 unspecified atom stereocenters. The van der Waals surface area contributed by atoms with Crippen LogP contribution in [0, 0.1) is 6.43 Å². The van der Waals surface area contributed by atoms with Gasteiger partial charge in [-0.05, 0) is 11.6 Å². The molecule has 1 amide bonds. The van der Waals surface area contributed by atoms with E-state index in [1.54, 1.807) is 0 Å². The molecule has 0 radical (unpaired) electrons. The van der Waals surface area contributed by atoms with Crippen LogP contribution < -0.4 is 5.32 Å². The third-order valence-electron chi connectivity index (χ3n) is 1.91. The van der Waals surface area contributed by atoms with Crippen molar-refractivity contribution < 1.29 is 49.3 Å². The summed E-state index contributed by atoms with van der Waals surface area (Å²) in [6, 6.07) is 3.70. The van der Waals surface area contributed by atoms with E-state index in [1.807, 2.05) is 5.32 Å². The summed E-state index contributed by atoms with van der Waals surface area (Å²) in [4.78, 5) is 20.9. The number of benzene rings is 1. The van der Waals surface area contributed by atoms with E-state index >= 15 is 0 Å². The van der Waals surface area contributed by atoms with E-state index < -0.39 is 23.9 Å². The molecule has 4 nitrogen and oxygen atoms in total. The molecule has 1 rings (SSSR count). The van der Waals surface area contributed by atoms with Crippen molar-refractivity contribution in [3.8, 4) is 0 Å². The van der Waals surface area contributed by atoms with Crippen molar-refractivity contribution in [2.24, 2.45) is 0 Å². The van der Waals surface area contributed by atoms with E-state index in [0.29, 0.717) is 0 Å². The quantitative estimate of drug-likeness (QED) is 0.428. The van der Waals surface area contributed by atoms with Crippen LogP contribution in [0.1, 0.15) is 11.1 Å². The molecule has 0 aromatic heterocycles. The predicted octanol–water partition coefficient (Wildman–Crippen LogP) is 1.81. The van der Waals surface area contributed by atoms with Crippen molar-refractivity contribution in [3.05, 3.63) is 40.8 Å². The number of rotatable bonds is 3. The second kappa shape index (κ2) is 7.48. The van der Waals surface area contributed by atoms with Crippen LogP contribution in [0.3, 0.4) is 0 Å². The zero-order valence-electron chi connectivity index (χ0n) is 8.84. The van der Waals surface area contributed by atoms with Gasteiger partial charge in [-0.2, -0.15) is 0 Å². The summed E-state index contributed by atoms with van der Waals surface area (Å²) < 4.78 is 25.0. The fourth-order valence-corrected chi connectivity index (χ4v) is 1.30. The van der Waals surface area contributed by atoms with E-state index in [1.165, 1.54) is 12.1 Å². The largest absolute Gasteiger partial charge is 0.474 e. The number of hydrogen-bond acceptors (Lipinski definition) is 2. The van der Waals surface area contributed by atoms with Gasteiger partial charge in [-0.3, -0.25) is 13.6 Å². The van der Waals surface area contributed by atoms with Crippen LogP contribution in [0.15, 0.2) is 18.2 Å². The maximum Gasteiger partial charge on any atom is 0.394 e. The number of nitrogens with one attached hydrogen (secondary N) is 1. The molecule has 18 heavy (non-hydrogen) atoms. The number of carbonyl (C=O) groups is 2. The first kappa shape index (κ1) is 17.1. The normalized spacial score (nSPS) is 9.28. The fourth-order valence-electron chi connectivity index (χ4n) is 1.13. The van der Waals surface area contributed by atoms with Gasteiger partial charge in [-0.1, -0.05) is 17.7 Å². The van der Waals surface area contributed by atoms with Gasteiger partial charge in [0.2, 0.25) is 0 Å². The number of carboxylic acids is 1. The molecule has 96 valence electrons. The van der Waals surface area contributed by atoms with Crippen molar-refractivity contribution in [2.75, 3.05) is 0 Å². The Morgan fingerprint density at radius 2 is 2.00 bits per heavy atom. The zero-order valence-corrected chi connectivity index (χ0v) is 13.2. The molecule has 0 aliphatic rings. The summed E-state index contributed by atoms with van der Waals surface area (Å²) in [5, 5.41) is 10.4. The van der Waals surface area contributed by atoms with Gasteiger partial charge in [0.15, 0.2) is 6.43 Å². The van der Waals surface area contributed by atoms with E-state index in [4.69, 9.17) is 16.7 Å². The van der Waals surface area contributed by atoms with E-state index in [0.717, 1.165) is 6.07 Å². The van der Waals surface area contributed by atoms with Gasteiger partial charge in [0.25, 0.3) is 0 Å². The Bertz CT molecular complexity index is 457. The smallest absolute Gasteiger partial charge is 0.394 e. The maximum atomic E-state index is 12.5. The topological polar surface area (TPSA) is 66.4 Å². The minimum absolute atomic E-state index is 0. The molecule has 0 atom stereocenters. The maximum absolute atomic E-state index is 12.5. The molecule has 0 spiro atoms. The Hall–Kier alpha value is -0.950. The molecule has 0 aliphatic heterocycles. The molecule has 0 bridgehead atoms. The van der Waals surface area contributed by atoms with Crippen molar-refractivity contribution in [2.45, 2.75) is 6.54 Å². The third kappa shape index (κ3) is 4.73. The third-order valence-corrected chi connectivity index (χ3v) is 2.14. The summed E-state index contributed by atoms with van der Waals surface area (Å²) in [6.07, 6.45) is -1.95. The monoisotopic (exact) mass is 442 g/mol.